The molecule has 2 N–H and O–H groups in total. The van der Waals surface area contributed by atoms with Gasteiger partial charge in [0.15, 0.2) is 18.1 Å². The fourth-order valence-electron chi connectivity index (χ4n) is 5.59. The van der Waals surface area contributed by atoms with Crippen LogP contribution in [0.2, 0.25) is 0 Å². The van der Waals surface area contributed by atoms with Crippen molar-refractivity contribution in [3.63, 3.8) is 0 Å². The molecule has 12 heteroatoms. The monoisotopic (exact) mass is 696 g/mol. The summed E-state index contributed by atoms with van der Waals surface area (Å²) in [6.07, 6.45) is 5.31. The maximum Gasteiger partial charge on any atom is 0.260 e. The van der Waals surface area contributed by atoms with Gasteiger partial charge in [-0.1, -0.05) is 37.2 Å². The van der Waals surface area contributed by atoms with Gasteiger partial charge in [-0.05, 0) is 97.3 Å². The van der Waals surface area contributed by atoms with Crippen molar-refractivity contribution in [3.05, 3.63) is 62.8 Å². The second-order valence-electron chi connectivity index (χ2n) is 11.4. The Kier molecular flexibility index (Phi) is 10.8. The first kappa shape index (κ1) is 32.9. The number of benzene rings is 2. The average Bonchev–Trinajstić information content (AvgIpc) is 3.44. The number of rotatable bonds is 11. The molecule has 45 heavy (non-hydrogen) atoms. The number of halogens is 1. The quantitative estimate of drug-likeness (QED) is 0.165. The molecule has 2 aliphatic heterocycles. The molecule has 1 fully saturated rings. The molecule has 1 aromatic heterocycles. The van der Waals surface area contributed by atoms with Crippen LogP contribution in [0.1, 0.15) is 68.7 Å². The van der Waals surface area contributed by atoms with Gasteiger partial charge < -0.3 is 25.0 Å². The molecule has 240 valence electrons. The zero-order chi connectivity index (χ0) is 32.1. The fraction of sp³-hybridized carbons (Fsp3) is 0.455. The molecular weight excluding hydrogens is 656 g/mol. The van der Waals surface area contributed by atoms with Crippen LogP contribution >= 0.6 is 27.7 Å². The van der Waals surface area contributed by atoms with Gasteiger partial charge in [0.1, 0.15) is 6.04 Å². The van der Waals surface area contributed by atoms with E-state index >= 15 is 0 Å². The molecule has 2 amide bonds. The minimum absolute atomic E-state index is 0.0459. The zero-order valence-corrected chi connectivity index (χ0v) is 28.9. The van der Waals surface area contributed by atoms with Gasteiger partial charge in [-0.2, -0.15) is 4.98 Å². The van der Waals surface area contributed by atoms with Crippen LogP contribution in [0.4, 0.5) is 11.6 Å². The van der Waals surface area contributed by atoms with Crippen LogP contribution in [0, 0.1) is 13.8 Å². The molecule has 3 heterocycles. The summed E-state index contributed by atoms with van der Waals surface area (Å²) in [7, 11) is 1.56. The van der Waals surface area contributed by atoms with Crippen molar-refractivity contribution in [3.8, 4) is 11.5 Å². The van der Waals surface area contributed by atoms with E-state index in [0.717, 1.165) is 73.3 Å². The van der Waals surface area contributed by atoms with E-state index in [2.05, 4.69) is 33.5 Å². The van der Waals surface area contributed by atoms with E-state index in [1.54, 1.807) is 23.6 Å². The standard InChI is InChI=1S/C33H41BrN6O4S/c1-6-7-16-45-33-37-32-35-22(4)28(31(42)36-25-13-11-12-20(2)21(25)3)29(40(32)38-33)23-17-24(34)30(26(18-23)43-5)44-19-27(41)39-14-9-8-10-15-39/h11-13,17-18,29H,6-10,14-16,19H2,1-5H3,(H,36,42)(H,35,37,38). The summed E-state index contributed by atoms with van der Waals surface area (Å²) in [6, 6.07) is 8.98. The number of amides is 2. The average molecular weight is 698 g/mol. The van der Waals surface area contributed by atoms with E-state index in [-0.39, 0.29) is 18.4 Å². The topological polar surface area (TPSA) is 111 Å². The van der Waals surface area contributed by atoms with Gasteiger partial charge in [-0.3, -0.25) is 9.59 Å². The molecular formula is C33H41BrN6O4S. The van der Waals surface area contributed by atoms with Gasteiger partial charge in [-0.15, -0.1) is 5.10 Å². The molecule has 10 nitrogen and oxygen atoms in total. The number of allylic oxidation sites excluding steroid dienone is 1. The molecule has 1 atom stereocenters. The molecule has 0 radical (unpaired) electrons. The molecule has 1 saturated heterocycles. The van der Waals surface area contributed by atoms with Gasteiger partial charge >= 0.3 is 0 Å². The lowest BCUT2D eigenvalue weighted by Crippen LogP contribution is -2.38. The number of fused-ring (bicyclic) bond motifs is 1. The highest BCUT2D eigenvalue weighted by Gasteiger charge is 2.36. The Labute approximate surface area is 277 Å². The molecule has 5 rings (SSSR count). The summed E-state index contributed by atoms with van der Waals surface area (Å²) in [5, 5.41) is 12.0. The number of aromatic nitrogens is 3. The summed E-state index contributed by atoms with van der Waals surface area (Å²) in [5.74, 6) is 2.03. The maximum atomic E-state index is 14.1. The van der Waals surface area contributed by atoms with E-state index in [4.69, 9.17) is 19.6 Å². The Morgan fingerprint density at radius 2 is 1.93 bits per heavy atom. The number of ether oxygens (including phenoxy) is 2. The summed E-state index contributed by atoms with van der Waals surface area (Å²) < 4.78 is 14.2. The minimum atomic E-state index is -0.617. The summed E-state index contributed by atoms with van der Waals surface area (Å²) in [6.45, 7) is 9.47. The molecule has 0 saturated carbocycles. The Morgan fingerprint density at radius 1 is 1.16 bits per heavy atom. The first-order valence-electron chi connectivity index (χ1n) is 15.4. The predicted molar refractivity (Wildman–Crippen MR) is 181 cm³/mol. The Morgan fingerprint density at radius 3 is 2.67 bits per heavy atom. The number of methoxy groups -OCH3 is 1. The second-order valence-corrected chi connectivity index (χ2v) is 13.3. The van der Waals surface area contributed by atoms with E-state index in [9.17, 15) is 9.59 Å². The number of hydrogen-bond acceptors (Lipinski definition) is 8. The van der Waals surface area contributed by atoms with Crippen LogP contribution in [0.3, 0.4) is 0 Å². The highest BCUT2D eigenvalue weighted by atomic mass is 79.9. The highest BCUT2D eigenvalue weighted by molar-refractivity contribution is 9.10. The Hall–Kier alpha value is -3.51. The largest absolute Gasteiger partial charge is 0.493 e. The Bertz CT molecular complexity index is 1600. The number of nitrogens with zero attached hydrogens (tertiary/aromatic N) is 4. The molecule has 3 aromatic rings. The fourth-order valence-corrected chi connectivity index (χ4v) is 7.07. The third kappa shape index (κ3) is 7.33. The molecule has 0 spiro atoms. The number of anilines is 2. The van der Waals surface area contributed by atoms with Crippen molar-refractivity contribution in [1.82, 2.24) is 19.7 Å². The van der Waals surface area contributed by atoms with E-state index in [1.165, 1.54) is 0 Å². The zero-order valence-electron chi connectivity index (χ0n) is 26.5. The first-order valence-corrected chi connectivity index (χ1v) is 17.2. The van der Waals surface area contributed by atoms with Gasteiger partial charge in [0.25, 0.3) is 11.8 Å². The maximum absolute atomic E-state index is 14.1. The lowest BCUT2D eigenvalue weighted by Gasteiger charge is -2.29. The van der Waals surface area contributed by atoms with Crippen LogP contribution in [-0.2, 0) is 9.59 Å². The summed E-state index contributed by atoms with van der Waals surface area (Å²) >= 11 is 5.27. The Balaban J connectivity index is 1.51. The van der Waals surface area contributed by atoms with Crippen LogP contribution < -0.4 is 20.1 Å². The van der Waals surface area contributed by atoms with Crippen LogP contribution in [0.15, 0.2) is 51.2 Å². The number of unbranched alkanes of at least 4 members (excludes halogenated alkanes) is 1. The molecule has 2 aromatic carbocycles. The highest BCUT2D eigenvalue weighted by Crippen LogP contribution is 2.43. The third-order valence-electron chi connectivity index (χ3n) is 8.28. The molecule has 2 aliphatic rings. The van der Waals surface area contributed by atoms with E-state index in [1.807, 2.05) is 56.0 Å². The number of carbonyl (C=O) groups is 2. The molecule has 0 aliphatic carbocycles. The number of nitrogens with one attached hydrogen (secondary N) is 2. The lowest BCUT2D eigenvalue weighted by molar-refractivity contribution is -0.134. The van der Waals surface area contributed by atoms with Gasteiger partial charge in [0, 0.05) is 30.2 Å². The van der Waals surface area contributed by atoms with Crippen molar-refractivity contribution < 1.29 is 19.1 Å². The van der Waals surface area contributed by atoms with Crippen LogP contribution in [0.25, 0.3) is 0 Å². The van der Waals surface area contributed by atoms with Crippen molar-refractivity contribution >= 4 is 51.1 Å². The van der Waals surface area contributed by atoms with Crippen molar-refractivity contribution in [2.75, 3.05) is 43.2 Å². The minimum Gasteiger partial charge on any atom is -0.493 e. The third-order valence-corrected chi connectivity index (χ3v) is 9.79. The van der Waals surface area contributed by atoms with Crippen molar-refractivity contribution in [2.45, 2.75) is 71.0 Å². The first-order chi connectivity index (χ1) is 21.7. The predicted octanol–water partition coefficient (Wildman–Crippen LogP) is 6.88. The lowest BCUT2D eigenvalue weighted by atomic mass is 9.94. The van der Waals surface area contributed by atoms with Gasteiger partial charge in [-0.25, -0.2) is 4.68 Å². The number of hydrogen-bond donors (Lipinski definition) is 2. The second kappa shape index (κ2) is 14.7. The number of piperidine rings is 1. The number of aryl methyl sites for hydroxylation is 1. The number of thioether (sulfide) groups is 1. The smallest absolute Gasteiger partial charge is 0.260 e. The van der Waals surface area contributed by atoms with Crippen LogP contribution in [0.5, 0.6) is 11.5 Å². The van der Waals surface area contributed by atoms with Gasteiger partial charge in [0.2, 0.25) is 11.1 Å². The number of likely N-dealkylation sites (tertiary alicyclic amines) is 1. The van der Waals surface area contributed by atoms with E-state index in [0.29, 0.717) is 38.3 Å². The number of carbonyl (C=O) groups excluding carboxylic acids is 2. The van der Waals surface area contributed by atoms with E-state index < -0.39 is 6.04 Å². The summed E-state index contributed by atoms with van der Waals surface area (Å²) in [4.78, 5) is 33.6. The van der Waals surface area contributed by atoms with Crippen molar-refractivity contribution in [1.29, 1.82) is 0 Å². The van der Waals surface area contributed by atoms with Crippen molar-refractivity contribution in [2.24, 2.45) is 0 Å². The molecule has 1 unspecified atom stereocenters. The van der Waals surface area contributed by atoms with Gasteiger partial charge in [0.05, 0.1) is 17.2 Å². The SMILES string of the molecule is CCCCSc1nc2n(n1)C(c1cc(Br)c(OCC(=O)N3CCCCC3)c(OC)c1)C(C(=O)Nc1cccc(C)c1C)=C(C)N2. The molecule has 0 bridgehead atoms. The summed E-state index contributed by atoms with van der Waals surface area (Å²) in [5.41, 5.74) is 4.77. The van der Waals surface area contributed by atoms with Crippen LogP contribution in [-0.4, -0.2) is 64.0 Å². The normalized spacial score (nSPS) is 16.2.